The minimum absolute atomic E-state index is 0.209. The van der Waals surface area contributed by atoms with Gasteiger partial charge in [0.2, 0.25) is 0 Å². The molecule has 1 nitrogen and oxygen atoms in total. The molecule has 20 heavy (non-hydrogen) atoms. The molecule has 0 fully saturated rings. The van der Waals surface area contributed by atoms with Crippen LogP contribution in [0.25, 0.3) is 6.08 Å². The largest absolute Gasteiger partial charge is 0.289 e. The molecule has 2 rings (SSSR count). The molecule has 0 unspecified atom stereocenters. The van der Waals surface area contributed by atoms with Gasteiger partial charge in [0.1, 0.15) is 0 Å². The molecule has 5 heteroatoms. The predicted molar refractivity (Wildman–Crippen MR) is 86.3 cm³/mol. The van der Waals surface area contributed by atoms with Crippen molar-refractivity contribution in [2.24, 2.45) is 0 Å². The van der Waals surface area contributed by atoms with Gasteiger partial charge in [0.15, 0.2) is 5.78 Å². The highest BCUT2D eigenvalue weighted by atomic mass is 35.5. The molecule has 0 saturated heterocycles. The predicted octanol–water partition coefficient (Wildman–Crippen LogP) is 6.20. The van der Waals surface area contributed by atoms with E-state index in [9.17, 15) is 4.79 Å². The summed E-state index contributed by atoms with van der Waals surface area (Å²) in [5.74, 6) is -0.209. The van der Waals surface area contributed by atoms with Gasteiger partial charge in [0, 0.05) is 21.2 Å². The number of rotatable bonds is 3. The SMILES string of the molecule is O=C(/C=C/c1c(Cl)cccc1Cl)c1ccc(Cl)c(Cl)c1. The van der Waals surface area contributed by atoms with E-state index < -0.39 is 0 Å². The van der Waals surface area contributed by atoms with Crippen LogP contribution in [-0.2, 0) is 0 Å². The Labute approximate surface area is 136 Å². The summed E-state index contributed by atoms with van der Waals surface area (Å²) in [5.41, 5.74) is 1.04. The summed E-state index contributed by atoms with van der Waals surface area (Å²) in [6.07, 6.45) is 2.97. The fraction of sp³-hybridized carbons (Fsp3) is 0. The van der Waals surface area contributed by atoms with Crippen LogP contribution in [0.15, 0.2) is 42.5 Å². The Morgan fingerprint density at radius 2 is 1.50 bits per heavy atom. The van der Waals surface area contributed by atoms with E-state index in [1.54, 1.807) is 36.4 Å². The second kappa shape index (κ2) is 6.64. The molecule has 0 N–H and O–H groups in total. The van der Waals surface area contributed by atoms with Crippen molar-refractivity contribution in [3.63, 3.8) is 0 Å². The van der Waals surface area contributed by atoms with Gasteiger partial charge < -0.3 is 0 Å². The summed E-state index contributed by atoms with van der Waals surface area (Å²) in [6.45, 7) is 0. The Morgan fingerprint density at radius 3 is 2.10 bits per heavy atom. The number of hydrogen-bond acceptors (Lipinski definition) is 1. The fourth-order valence-corrected chi connectivity index (χ4v) is 2.40. The first-order valence-corrected chi connectivity index (χ1v) is 7.11. The number of carbonyl (C=O) groups excluding carboxylic acids is 1. The van der Waals surface area contributed by atoms with Crippen molar-refractivity contribution in [2.75, 3.05) is 0 Å². The van der Waals surface area contributed by atoms with Crippen LogP contribution in [0.3, 0.4) is 0 Å². The van der Waals surface area contributed by atoms with Crippen LogP contribution in [0.5, 0.6) is 0 Å². The number of hydrogen-bond donors (Lipinski definition) is 0. The number of allylic oxidation sites excluding steroid dienone is 1. The molecule has 2 aromatic carbocycles. The Kier molecular flexibility index (Phi) is 5.11. The molecule has 2 aromatic rings. The van der Waals surface area contributed by atoms with E-state index in [-0.39, 0.29) is 5.78 Å². The van der Waals surface area contributed by atoms with Crippen LogP contribution < -0.4 is 0 Å². The second-order valence-corrected chi connectivity index (χ2v) is 5.59. The quantitative estimate of drug-likeness (QED) is 0.478. The van der Waals surface area contributed by atoms with Crippen LogP contribution in [0.2, 0.25) is 20.1 Å². The minimum Gasteiger partial charge on any atom is -0.289 e. The minimum atomic E-state index is -0.209. The number of carbonyl (C=O) groups is 1. The van der Waals surface area contributed by atoms with E-state index in [1.807, 2.05) is 0 Å². The molecule has 0 aliphatic heterocycles. The highest BCUT2D eigenvalue weighted by Gasteiger charge is 2.06. The zero-order chi connectivity index (χ0) is 14.7. The second-order valence-electron chi connectivity index (χ2n) is 3.96. The van der Waals surface area contributed by atoms with Crippen molar-refractivity contribution < 1.29 is 4.79 Å². The molecular formula is C15H8Cl4O. The van der Waals surface area contributed by atoms with E-state index in [1.165, 1.54) is 12.1 Å². The number of ketones is 1. The van der Waals surface area contributed by atoms with E-state index in [0.717, 1.165) is 0 Å². The average Bonchev–Trinajstić information content (AvgIpc) is 2.41. The maximum absolute atomic E-state index is 12.0. The van der Waals surface area contributed by atoms with Crippen LogP contribution in [0.4, 0.5) is 0 Å². The lowest BCUT2D eigenvalue weighted by Gasteiger charge is -2.01. The Hall–Kier alpha value is -0.990. The normalized spacial score (nSPS) is 11.0. The molecule has 0 atom stereocenters. The molecule has 0 bridgehead atoms. The molecule has 0 radical (unpaired) electrons. The van der Waals surface area contributed by atoms with Gasteiger partial charge in [-0.05, 0) is 42.5 Å². The Bertz CT molecular complexity index is 672. The van der Waals surface area contributed by atoms with Gasteiger partial charge in [-0.2, -0.15) is 0 Å². The van der Waals surface area contributed by atoms with E-state index in [2.05, 4.69) is 0 Å². The third-order valence-electron chi connectivity index (χ3n) is 2.61. The van der Waals surface area contributed by atoms with Gasteiger partial charge in [-0.15, -0.1) is 0 Å². The van der Waals surface area contributed by atoms with Gasteiger partial charge >= 0.3 is 0 Å². The first-order chi connectivity index (χ1) is 9.49. The first-order valence-electron chi connectivity index (χ1n) is 5.60. The highest BCUT2D eigenvalue weighted by molar-refractivity contribution is 6.42. The summed E-state index contributed by atoms with van der Waals surface area (Å²) in [7, 11) is 0. The summed E-state index contributed by atoms with van der Waals surface area (Å²) in [6, 6.07) is 9.85. The van der Waals surface area contributed by atoms with E-state index in [4.69, 9.17) is 46.4 Å². The topological polar surface area (TPSA) is 17.1 Å². The van der Waals surface area contributed by atoms with Crippen molar-refractivity contribution >= 4 is 58.3 Å². The molecule has 0 heterocycles. The number of halogens is 4. The van der Waals surface area contributed by atoms with Crippen LogP contribution >= 0.6 is 46.4 Å². The summed E-state index contributed by atoms with van der Waals surface area (Å²) in [5, 5.41) is 1.70. The first kappa shape index (κ1) is 15.4. The molecule has 0 aliphatic carbocycles. The molecule has 0 spiro atoms. The van der Waals surface area contributed by atoms with Crippen molar-refractivity contribution in [1.82, 2.24) is 0 Å². The Morgan fingerprint density at radius 1 is 0.850 bits per heavy atom. The van der Waals surface area contributed by atoms with Gasteiger partial charge in [-0.25, -0.2) is 0 Å². The molecule has 0 aromatic heterocycles. The van der Waals surface area contributed by atoms with Crippen molar-refractivity contribution in [1.29, 1.82) is 0 Å². The zero-order valence-electron chi connectivity index (χ0n) is 10.0. The fourth-order valence-electron chi connectivity index (χ4n) is 1.57. The maximum atomic E-state index is 12.0. The lowest BCUT2D eigenvalue weighted by molar-refractivity contribution is 0.104. The van der Waals surface area contributed by atoms with Gasteiger partial charge in [0.05, 0.1) is 10.0 Å². The van der Waals surface area contributed by atoms with Crippen molar-refractivity contribution in [3.8, 4) is 0 Å². The van der Waals surface area contributed by atoms with Crippen LogP contribution in [-0.4, -0.2) is 5.78 Å². The standard InChI is InChI=1S/C15H8Cl4O/c16-11-2-1-3-12(17)10(11)5-7-15(20)9-4-6-13(18)14(19)8-9/h1-8H/b7-5+. The van der Waals surface area contributed by atoms with E-state index in [0.29, 0.717) is 31.2 Å². The lowest BCUT2D eigenvalue weighted by atomic mass is 10.1. The zero-order valence-corrected chi connectivity index (χ0v) is 13.1. The average molecular weight is 346 g/mol. The van der Waals surface area contributed by atoms with Gasteiger partial charge in [-0.3, -0.25) is 4.79 Å². The third kappa shape index (κ3) is 3.56. The van der Waals surface area contributed by atoms with Crippen molar-refractivity contribution in [2.45, 2.75) is 0 Å². The monoisotopic (exact) mass is 344 g/mol. The lowest BCUT2D eigenvalue weighted by Crippen LogP contribution is -1.94. The molecule has 0 amide bonds. The highest BCUT2D eigenvalue weighted by Crippen LogP contribution is 2.26. The smallest absolute Gasteiger partial charge is 0.185 e. The molecule has 102 valence electrons. The summed E-state index contributed by atoms with van der Waals surface area (Å²) in [4.78, 5) is 12.0. The van der Waals surface area contributed by atoms with E-state index >= 15 is 0 Å². The molecular weight excluding hydrogens is 338 g/mol. The van der Waals surface area contributed by atoms with Crippen LogP contribution in [0, 0.1) is 0 Å². The number of benzene rings is 2. The van der Waals surface area contributed by atoms with Gasteiger partial charge in [-0.1, -0.05) is 52.5 Å². The third-order valence-corrected chi connectivity index (χ3v) is 4.00. The molecule has 0 aliphatic rings. The summed E-state index contributed by atoms with van der Waals surface area (Å²) < 4.78 is 0. The summed E-state index contributed by atoms with van der Waals surface area (Å²) >= 11 is 23.7. The van der Waals surface area contributed by atoms with Crippen molar-refractivity contribution in [3.05, 3.63) is 73.7 Å². The molecule has 0 saturated carbocycles. The Balaban J connectivity index is 2.27. The maximum Gasteiger partial charge on any atom is 0.185 e. The van der Waals surface area contributed by atoms with Crippen LogP contribution in [0.1, 0.15) is 15.9 Å². The van der Waals surface area contributed by atoms with Gasteiger partial charge in [0.25, 0.3) is 0 Å².